The molecule has 0 aromatic heterocycles. The minimum Gasteiger partial charge on any atom is -0.481 e. The Labute approximate surface area is 125 Å². The number of anilines is 1. The highest BCUT2D eigenvalue weighted by molar-refractivity contribution is 5.99. The van der Waals surface area contributed by atoms with Gasteiger partial charge in [0, 0.05) is 18.7 Å². The molecule has 1 amide bonds. The van der Waals surface area contributed by atoms with Crippen LogP contribution in [0.15, 0.2) is 24.3 Å². The zero-order valence-electron chi connectivity index (χ0n) is 13.1. The third kappa shape index (κ3) is 5.94. The Morgan fingerprint density at radius 1 is 1.29 bits per heavy atom. The van der Waals surface area contributed by atoms with E-state index in [9.17, 15) is 14.0 Å². The number of nitrogens with zero attached hydrogens (tertiary/aromatic N) is 1. The van der Waals surface area contributed by atoms with E-state index < -0.39 is 11.9 Å². The first-order valence-corrected chi connectivity index (χ1v) is 7.28. The highest BCUT2D eigenvalue weighted by Gasteiger charge is 2.34. The first-order valence-electron chi connectivity index (χ1n) is 7.28. The average molecular weight is 297 g/mol. The molecule has 0 bridgehead atoms. The van der Waals surface area contributed by atoms with Crippen molar-refractivity contribution in [3.05, 3.63) is 30.1 Å². The van der Waals surface area contributed by atoms with E-state index in [0.717, 1.165) is 0 Å². The lowest BCUT2D eigenvalue weighted by molar-refractivity contribution is -0.141. The standard InChI is InChI=1S/C11H10FNO3.C3H8.C2H6/c12-8-1-3-9(4-2-8)13-6-7(11(15)16)5-10(13)14;1-3-2;1-2/h1-4,7H,5-6H2,(H,15,16);3H2,1-2H3;1-2H3. The number of benzene rings is 1. The number of hydrogen-bond acceptors (Lipinski definition) is 2. The molecule has 118 valence electrons. The molecule has 0 aliphatic carbocycles. The Morgan fingerprint density at radius 3 is 2.14 bits per heavy atom. The molecule has 1 aromatic rings. The third-order valence-electron chi connectivity index (χ3n) is 2.61. The molecule has 1 aliphatic rings. The molecule has 1 fully saturated rings. The second-order valence-corrected chi connectivity index (χ2v) is 4.43. The van der Waals surface area contributed by atoms with Crippen LogP contribution in [-0.4, -0.2) is 23.5 Å². The largest absolute Gasteiger partial charge is 0.481 e. The monoisotopic (exact) mass is 297 g/mol. The van der Waals surface area contributed by atoms with Crippen LogP contribution in [-0.2, 0) is 9.59 Å². The summed E-state index contributed by atoms with van der Waals surface area (Å²) in [7, 11) is 0. The molecule has 1 atom stereocenters. The van der Waals surface area contributed by atoms with Crippen LogP contribution in [0.5, 0.6) is 0 Å². The molecule has 1 heterocycles. The van der Waals surface area contributed by atoms with Gasteiger partial charge in [0.05, 0.1) is 5.92 Å². The van der Waals surface area contributed by atoms with E-state index in [0.29, 0.717) is 5.69 Å². The summed E-state index contributed by atoms with van der Waals surface area (Å²) in [5.41, 5.74) is 0.537. The summed E-state index contributed by atoms with van der Waals surface area (Å²) >= 11 is 0. The maximum atomic E-state index is 12.7. The number of hydrogen-bond donors (Lipinski definition) is 1. The van der Waals surface area contributed by atoms with Crippen molar-refractivity contribution in [1.29, 1.82) is 0 Å². The molecule has 21 heavy (non-hydrogen) atoms. The van der Waals surface area contributed by atoms with E-state index in [2.05, 4.69) is 13.8 Å². The lowest BCUT2D eigenvalue weighted by atomic mass is 10.1. The average Bonchev–Trinajstić information content (AvgIpc) is 2.85. The van der Waals surface area contributed by atoms with Gasteiger partial charge in [-0.1, -0.05) is 34.1 Å². The van der Waals surface area contributed by atoms with Gasteiger partial charge in [0.15, 0.2) is 0 Å². The van der Waals surface area contributed by atoms with Gasteiger partial charge in [-0.25, -0.2) is 4.39 Å². The summed E-state index contributed by atoms with van der Waals surface area (Å²) in [6.07, 6.45) is 1.26. The summed E-state index contributed by atoms with van der Waals surface area (Å²) < 4.78 is 12.7. The van der Waals surface area contributed by atoms with Gasteiger partial charge in [0.25, 0.3) is 0 Å². The van der Waals surface area contributed by atoms with Crippen LogP contribution in [0.25, 0.3) is 0 Å². The SMILES string of the molecule is CC.CCC.O=C(O)C1CC(=O)N(c2ccc(F)cc2)C1. The Morgan fingerprint density at radius 2 is 1.76 bits per heavy atom. The molecule has 0 radical (unpaired) electrons. The molecule has 5 heteroatoms. The number of carboxylic acid groups (broad SMARTS) is 1. The molecule has 1 N–H and O–H groups in total. The van der Waals surface area contributed by atoms with E-state index >= 15 is 0 Å². The van der Waals surface area contributed by atoms with Crippen molar-refractivity contribution in [2.45, 2.75) is 40.5 Å². The van der Waals surface area contributed by atoms with Crippen molar-refractivity contribution in [3.63, 3.8) is 0 Å². The minimum absolute atomic E-state index is 0.00666. The zero-order valence-corrected chi connectivity index (χ0v) is 13.1. The fraction of sp³-hybridized carbons (Fsp3) is 0.500. The second-order valence-electron chi connectivity index (χ2n) is 4.43. The van der Waals surface area contributed by atoms with Crippen molar-refractivity contribution in [3.8, 4) is 0 Å². The number of carboxylic acids is 1. The fourth-order valence-electron chi connectivity index (χ4n) is 1.74. The van der Waals surface area contributed by atoms with Crippen LogP contribution >= 0.6 is 0 Å². The quantitative estimate of drug-likeness (QED) is 0.905. The molecule has 1 aromatic carbocycles. The topological polar surface area (TPSA) is 57.6 Å². The third-order valence-corrected chi connectivity index (χ3v) is 2.61. The summed E-state index contributed by atoms with van der Waals surface area (Å²) in [5, 5.41) is 8.80. The van der Waals surface area contributed by atoms with Gasteiger partial charge >= 0.3 is 5.97 Å². The number of carbonyl (C=O) groups excluding carboxylic acids is 1. The molecule has 1 aliphatic heterocycles. The van der Waals surface area contributed by atoms with Gasteiger partial charge < -0.3 is 10.0 Å². The van der Waals surface area contributed by atoms with Crippen molar-refractivity contribution in [2.75, 3.05) is 11.4 Å². The van der Waals surface area contributed by atoms with Gasteiger partial charge in [0.2, 0.25) is 5.91 Å². The first kappa shape index (κ1) is 19.1. The number of rotatable bonds is 2. The summed E-state index contributed by atoms with van der Waals surface area (Å²) in [6, 6.07) is 5.43. The number of aliphatic carboxylic acids is 1. The zero-order chi connectivity index (χ0) is 16.4. The van der Waals surface area contributed by atoms with E-state index in [-0.39, 0.29) is 24.7 Å². The molecule has 4 nitrogen and oxygen atoms in total. The van der Waals surface area contributed by atoms with Crippen LogP contribution in [0.2, 0.25) is 0 Å². The van der Waals surface area contributed by atoms with Crippen LogP contribution in [0.3, 0.4) is 0 Å². The highest BCUT2D eigenvalue weighted by Crippen LogP contribution is 2.25. The summed E-state index contributed by atoms with van der Waals surface area (Å²) in [5.74, 6) is -2.26. The fourth-order valence-corrected chi connectivity index (χ4v) is 1.74. The minimum atomic E-state index is -0.974. The lowest BCUT2D eigenvalue weighted by Gasteiger charge is -2.15. The van der Waals surface area contributed by atoms with Crippen LogP contribution in [0.1, 0.15) is 40.5 Å². The highest BCUT2D eigenvalue weighted by atomic mass is 19.1. The van der Waals surface area contributed by atoms with Crippen LogP contribution < -0.4 is 4.90 Å². The predicted molar refractivity (Wildman–Crippen MR) is 81.8 cm³/mol. The summed E-state index contributed by atoms with van der Waals surface area (Å²) in [6.45, 7) is 8.40. The van der Waals surface area contributed by atoms with Crippen LogP contribution in [0, 0.1) is 11.7 Å². The molecule has 0 saturated carbocycles. The van der Waals surface area contributed by atoms with E-state index in [1.807, 2.05) is 13.8 Å². The van der Waals surface area contributed by atoms with Crippen molar-refractivity contribution < 1.29 is 19.1 Å². The number of carbonyl (C=O) groups is 2. The molecule has 0 spiro atoms. The maximum absolute atomic E-state index is 12.7. The van der Waals surface area contributed by atoms with Gasteiger partial charge in [-0.05, 0) is 24.3 Å². The Kier molecular flexibility index (Phi) is 9.01. The Bertz CT molecular complexity index is 445. The molecule has 1 unspecified atom stereocenters. The predicted octanol–water partition coefficient (Wildman–Crippen LogP) is 3.71. The second kappa shape index (κ2) is 9.91. The van der Waals surface area contributed by atoms with Gasteiger partial charge in [-0.2, -0.15) is 0 Å². The molecule has 2 rings (SSSR count). The van der Waals surface area contributed by atoms with Crippen molar-refractivity contribution in [2.24, 2.45) is 5.92 Å². The maximum Gasteiger partial charge on any atom is 0.308 e. The first-order chi connectivity index (χ1) is 9.99. The smallest absolute Gasteiger partial charge is 0.308 e. The van der Waals surface area contributed by atoms with Gasteiger partial charge in [-0.15, -0.1) is 0 Å². The van der Waals surface area contributed by atoms with E-state index in [4.69, 9.17) is 5.11 Å². The number of amides is 1. The number of halogens is 1. The molecular formula is C16H24FNO3. The van der Waals surface area contributed by atoms with E-state index in [1.54, 1.807) is 0 Å². The van der Waals surface area contributed by atoms with Gasteiger partial charge in [-0.3, -0.25) is 9.59 Å². The van der Waals surface area contributed by atoms with Crippen molar-refractivity contribution in [1.82, 2.24) is 0 Å². The van der Waals surface area contributed by atoms with E-state index in [1.165, 1.54) is 35.6 Å². The molecular weight excluding hydrogens is 273 g/mol. The normalized spacial score (nSPS) is 16.5. The van der Waals surface area contributed by atoms with Crippen LogP contribution in [0.4, 0.5) is 10.1 Å². The lowest BCUT2D eigenvalue weighted by Crippen LogP contribution is -2.25. The van der Waals surface area contributed by atoms with Crippen molar-refractivity contribution >= 4 is 17.6 Å². The molecule has 1 saturated heterocycles. The Balaban J connectivity index is 0.000000713. The van der Waals surface area contributed by atoms with Gasteiger partial charge in [0.1, 0.15) is 5.82 Å². The summed E-state index contributed by atoms with van der Waals surface area (Å²) in [4.78, 5) is 23.7. The Hall–Kier alpha value is -1.91.